The summed E-state index contributed by atoms with van der Waals surface area (Å²) in [6, 6.07) is 13.9. The van der Waals surface area contributed by atoms with E-state index in [0.29, 0.717) is 5.75 Å². The molecule has 0 atom stereocenters. The predicted molar refractivity (Wildman–Crippen MR) is 108 cm³/mol. The van der Waals surface area contributed by atoms with E-state index in [1.807, 2.05) is 32.9 Å². The normalized spacial score (nSPS) is 14.9. The van der Waals surface area contributed by atoms with Crippen LogP contribution < -0.4 is 4.74 Å². The number of nitrogens with zero attached hydrogens (tertiary/aromatic N) is 2. The molecule has 1 aliphatic heterocycles. The van der Waals surface area contributed by atoms with Crippen molar-refractivity contribution in [3.05, 3.63) is 75.3 Å². The van der Waals surface area contributed by atoms with Crippen molar-refractivity contribution in [1.29, 1.82) is 0 Å². The molecule has 2 aromatic rings. The zero-order valence-corrected chi connectivity index (χ0v) is 16.1. The van der Waals surface area contributed by atoms with Crippen LogP contribution in [0.4, 0.5) is 5.69 Å². The van der Waals surface area contributed by atoms with E-state index >= 15 is 0 Å². The standard InChI is InChI=1S/C22H26N2O3/c1-16(2)27-22-14-20(17(3)13-21(22)24(25)26)19-9-11-23(12-10-19)15-18-7-5-4-6-8-18/h4-9,13-14,16H,10-12,15H2,1-3H3. The lowest BCUT2D eigenvalue weighted by atomic mass is 9.94. The van der Waals surface area contributed by atoms with Crippen LogP contribution in [0.25, 0.3) is 5.57 Å². The molecule has 5 nitrogen and oxygen atoms in total. The molecule has 3 rings (SSSR count). The molecule has 5 heteroatoms. The maximum absolute atomic E-state index is 11.4. The molecule has 1 heterocycles. The Kier molecular flexibility index (Phi) is 5.91. The van der Waals surface area contributed by atoms with Crippen molar-refractivity contribution in [2.75, 3.05) is 13.1 Å². The number of benzene rings is 2. The minimum atomic E-state index is -0.370. The Hall–Kier alpha value is -2.66. The first-order valence-corrected chi connectivity index (χ1v) is 9.35. The number of ether oxygens (including phenoxy) is 1. The van der Waals surface area contributed by atoms with Crippen molar-refractivity contribution in [3.63, 3.8) is 0 Å². The second-order valence-electron chi connectivity index (χ2n) is 7.26. The van der Waals surface area contributed by atoms with Crippen LogP contribution >= 0.6 is 0 Å². The minimum absolute atomic E-state index is 0.0343. The zero-order valence-electron chi connectivity index (χ0n) is 16.1. The van der Waals surface area contributed by atoms with Gasteiger partial charge in [-0.1, -0.05) is 36.4 Å². The fourth-order valence-corrected chi connectivity index (χ4v) is 3.45. The summed E-state index contributed by atoms with van der Waals surface area (Å²) in [4.78, 5) is 13.4. The highest BCUT2D eigenvalue weighted by Crippen LogP contribution is 2.36. The SMILES string of the molecule is Cc1cc([N+](=O)[O-])c(OC(C)C)cc1C1=CCN(Cc2ccccc2)CC1. The summed E-state index contributed by atoms with van der Waals surface area (Å²) in [5.74, 6) is 0.350. The lowest BCUT2D eigenvalue weighted by molar-refractivity contribution is -0.386. The molecule has 142 valence electrons. The Morgan fingerprint density at radius 2 is 1.96 bits per heavy atom. The van der Waals surface area contributed by atoms with E-state index < -0.39 is 0 Å². The molecule has 0 saturated carbocycles. The van der Waals surface area contributed by atoms with Gasteiger partial charge in [-0.2, -0.15) is 0 Å². The van der Waals surface area contributed by atoms with Crippen LogP contribution in [0.3, 0.4) is 0 Å². The van der Waals surface area contributed by atoms with Crippen LogP contribution in [-0.4, -0.2) is 29.0 Å². The monoisotopic (exact) mass is 366 g/mol. The van der Waals surface area contributed by atoms with Crippen molar-refractivity contribution >= 4 is 11.3 Å². The quantitative estimate of drug-likeness (QED) is 0.534. The summed E-state index contributed by atoms with van der Waals surface area (Å²) in [7, 11) is 0. The molecular weight excluding hydrogens is 340 g/mol. The van der Waals surface area contributed by atoms with E-state index in [-0.39, 0.29) is 16.7 Å². The number of nitro benzene ring substituents is 1. The molecule has 0 spiro atoms. The highest BCUT2D eigenvalue weighted by atomic mass is 16.6. The highest BCUT2D eigenvalue weighted by Gasteiger charge is 2.22. The molecule has 27 heavy (non-hydrogen) atoms. The largest absolute Gasteiger partial charge is 0.484 e. The molecule has 0 N–H and O–H groups in total. The molecule has 1 aliphatic rings. The third kappa shape index (κ3) is 4.74. The Bertz CT molecular complexity index is 844. The van der Waals surface area contributed by atoms with Crippen molar-refractivity contribution in [2.24, 2.45) is 0 Å². The summed E-state index contributed by atoms with van der Waals surface area (Å²) < 4.78 is 5.71. The molecule has 0 saturated heterocycles. The number of hydrogen-bond acceptors (Lipinski definition) is 4. The van der Waals surface area contributed by atoms with Gasteiger partial charge in [0, 0.05) is 25.7 Å². The molecule has 0 unspecified atom stereocenters. The van der Waals surface area contributed by atoms with Crippen LogP contribution in [-0.2, 0) is 6.54 Å². The fourth-order valence-electron chi connectivity index (χ4n) is 3.45. The molecule has 2 aromatic carbocycles. The second-order valence-corrected chi connectivity index (χ2v) is 7.26. The Balaban J connectivity index is 1.81. The topological polar surface area (TPSA) is 55.6 Å². The molecule has 0 aromatic heterocycles. The van der Waals surface area contributed by atoms with Gasteiger partial charge in [0.1, 0.15) is 0 Å². The molecular formula is C22H26N2O3. The van der Waals surface area contributed by atoms with Gasteiger partial charge in [0.2, 0.25) is 0 Å². The number of nitro groups is 1. The average Bonchev–Trinajstić information content (AvgIpc) is 2.64. The van der Waals surface area contributed by atoms with E-state index in [2.05, 4.69) is 35.2 Å². The molecule has 0 radical (unpaired) electrons. The lowest BCUT2D eigenvalue weighted by Crippen LogP contribution is -2.28. The van der Waals surface area contributed by atoms with Crippen LogP contribution in [0.5, 0.6) is 5.75 Å². The first kappa shape index (κ1) is 19.1. The highest BCUT2D eigenvalue weighted by molar-refractivity contribution is 5.72. The summed E-state index contributed by atoms with van der Waals surface area (Å²) in [5.41, 5.74) is 4.55. The summed E-state index contributed by atoms with van der Waals surface area (Å²) in [6.07, 6.45) is 3.05. The molecule has 0 bridgehead atoms. The molecule has 0 amide bonds. The van der Waals surface area contributed by atoms with Crippen LogP contribution in [0.1, 0.15) is 37.0 Å². The number of rotatable bonds is 6. The van der Waals surface area contributed by atoms with E-state index in [1.165, 1.54) is 11.1 Å². The van der Waals surface area contributed by atoms with Gasteiger partial charge in [0.15, 0.2) is 5.75 Å². The maximum Gasteiger partial charge on any atom is 0.311 e. The molecule has 0 aliphatic carbocycles. The van der Waals surface area contributed by atoms with Gasteiger partial charge in [-0.05, 0) is 55.5 Å². The van der Waals surface area contributed by atoms with Crippen molar-refractivity contribution in [3.8, 4) is 5.75 Å². The van der Waals surface area contributed by atoms with Crippen LogP contribution in [0, 0.1) is 17.0 Å². The van der Waals surface area contributed by atoms with Crippen LogP contribution in [0.15, 0.2) is 48.5 Å². The lowest BCUT2D eigenvalue weighted by Gasteiger charge is -2.27. The van der Waals surface area contributed by atoms with E-state index in [1.54, 1.807) is 6.07 Å². The van der Waals surface area contributed by atoms with Gasteiger partial charge >= 0.3 is 5.69 Å². The zero-order chi connectivity index (χ0) is 19.4. The third-order valence-corrected chi connectivity index (χ3v) is 4.75. The van der Waals surface area contributed by atoms with Crippen molar-refractivity contribution in [1.82, 2.24) is 4.90 Å². The Morgan fingerprint density at radius 1 is 1.22 bits per heavy atom. The Labute approximate surface area is 160 Å². The number of aryl methyl sites for hydroxylation is 1. The van der Waals surface area contributed by atoms with E-state index in [0.717, 1.165) is 37.2 Å². The summed E-state index contributed by atoms with van der Waals surface area (Å²) >= 11 is 0. The summed E-state index contributed by atoms with van der Waals surface area (Å²) in [5, 5.41) is 11.4. The van der Waals surface area contributed by atoms with Crippen molar-refractivity contribution < 1.29 is 9.66 Å². The van der Waals surface area contributed by atoms with Gasteiger partial charge in [0.25, 0.3) is 0 Å². The van der Waals surface area contributed by atoms with Gasteiger partial charge < -0.3 is 4.74 Å². The average molecular weight is 366 g/mol. The fraction of sp³-hybridized carbons (Fsp3) is 0.364. The smallest absolute Gasteiger partial charge is 0.311 e. The van der Waals surface area contributed by atoms with Gasteiger partial charge in [-0.15, -0.1) is 0 Å². The van der Waals surface area contributed by atoms with Crippen molar-refractivity contribution in [2.45, 2.75) is 39.8 Å². The van der Waals surface area contributed by atoms with E-state index in [9.17, 15) is 10.1 Å². The first-order chi connectivity index (χ1) is 12.9. The predicted octanol–water partition coefficient (Wildman–Crippen LogP) is 4.98. The van der Waals surface area contributed by atoms with Gasteiger partial charge in [-0.25, -0.2) is 0 Å². The summed E-state index contributed by atoms with van der Waals surface area (Å²) in [6.45, 7) is 8.47. The Morgan fingerprint density at radius 3 is 2.56 bits per heavy atom. The minimum Gasteiger partial charge on any atom is -0.484 e. The first-order valence-electron chi connectivity index (χ1n) is 9.35. The number of hydrogen-bond donors (Lipinski definition) is 0. The van der Waals surface area contributed by atoms with Crippen LogP contribution in [0.2, 0.25) is 0 Å². The third-order valence-electron chi connectivity index (χ3n) is 4.75. The van der Waals surface area contributed by atoms with Gasteiger partial charge in [-0.3, -0.25) is 15.0 Å². The molecule has 0 fully saturated rings. The van der Waals surface area contributed by atoms with Gasteiger partial charge in [0.05, 0.1) is 11.0 Å². The van der Waals surface area contributed by atoms with E-state index in [4.69, 9.17) is 4.74 Å². The maximum atomic E-state index is 11.4. The second kappa shape index (κ2) is 8.35.